The fraction of sp³-hybridized carbons (Fsp3) is 0.211. The van der Waals surface area contributed by atoms with E-state index in [4.69, 9.17) is 4.74 Å². The van der Waals surface area contributed by atoms with E-state index in [9.17, 15) is 4.79 Å². The predicted octanol–water partition coefficient (Wildman–Crippen LogP) is 2.15. The topological polar surface area (TPSA) is 81.1 Å². The number of carbonyl (C=O) groups excluding carboxylic acids is 1. The van der Waals surface area contributed by atoms with Crippen molar-refractivity contribution in [1.29, 1.82) is 0 Å². The van der Waals surface area contributed by atoms with E-state index in [0.29, 0.717) is 25.3 Å². The van der Waals surface area contributed by atoms with E-state index in [2.05, 4.69) is 19.9 Å². The average molecular weight is 347 g/mol. The molecule has 0 bridgehead atoms. The third kappa shape index (κ3) is 3.43. The molecule has 0 aromatic carbocycles. The Balaban J connectivity index is 1.49. The van der Waals surface area contributed by atoms with Gasteiger partial charge in [-0.1, -0.05) is 6.07 Å². The highest BCUT2D eigenvalue weighted by Crippen LogP contribution is 2.24. The van der Waals surface area contributed by atoms with Crippen molar-refractivity contribution in [2.24, 2.45) is 0 Å². The Morgan fingerprint density at radius 2 is 1.92 bits per heavy atom. The molecule has 1 saturated heterocycles. The lowest BCUT2D eigenvalue weighted by atomic mass is 10.1. The van der Waals surface area contributed by atoms with Gasteiger partial charge in [0.05, 0.1) is 24.4 Å². The number of aromatic nitrogens is 4. The molecule has 1 atom stereocenters. The molecule has 1 aliphatic heterocycles. The van der Waals surface area contributed by atoms with Crippen LogP contribution in [0.15, 0.2) is 61.6 Å². The average Bonchev–Trinajstić information content (AvgIpc) is 2.75. The minimum Gasteiger partial charge on any atom is -0.368 e. The van der Waals surface area contributed by atoms with Crippen molar-refractivity contribution in [2.45, 2.75) is 6.10 Å². The lowest BCUT2D eigenvalue weighted by molar-refractivity contribution is -0.0247. The van der Waals surface area contributed by atoms with Crippen LogP contribution in [-0.2, 0) is 4.74 Å². The number of amides is 1. The van der Waals surface area contributed by atoms with Crippen molar-refractivity contribution in [1.82, 2.24) is 24.8 Å². The van der Waals surface area contributed by atoms with Gasteiger partial charge >= 0.3 is 0 Å². The molecular weight excluding hydrogens is 330 g/mol. The summed E-state index contributed by atoms with van der Waals surface area (Å²) in [6.45, 7) is 1.50. The molecule has 130 valence electrons. The second-order valence-corrected chi connectivity index (χ2v) is 5.95. The first kappa shape index (κ1) is 16.3. The van der Waals surface area contributed by atoms with Gasteiger partial charge < -0.3 is 9.64 Å². The van der Waals surface area contributed by atoms with Crippen LogP contribution in [-0.4, -0.2) is 50.4 Å². The maximum atomic E-state index is 12.6. The number of hydrogen-bond acceptors (Lipinski definition) is 6. The highest BCUT2D eigenvalue weighted by Gasteiger charge is 2.27. The van der Waals surface area contributed by atoms with E-state index in [1.165, 1.54) is 6.33 Å². The zero-order valence-electron chi connectivity index (χ0n) is 14.0. The molecule has 0 unspecified atom stereocenters. The van der Waals surface area contributed by atoms with Crippen LogP contribution in [0.2, 0.25) is 0 Å². The number of carbonyl (C=O) groups is 1. The number of rotatable bonds is 3. The van der Waals surface area contributed by atoms with Gasteiger partial charge in [-0.2, -0.15) is 0 Å². The standard InChI is InChI=1S/C19H17N5O2/c25-19(15-2-1-5-20-8-15)24-6-7-26-18(12-24)17-4-3-14(11-23-17)16-9-21-13-22-10-16/h1-5,8-11,13,18H,6-7,12H2/t18-/m1/s1. The second kappa shape index (κ2) is 7.37. The molecular formula is C19H17N5O2. The third-order valence-electron chi connectivity index (χ3n) is 4.27. The van der Waals surface area contributed by atoms with Crippen LogP contribution >= 0.6 is 0 Å². The van der Waals surface area contributed by atoms with Crippen LogP contribution in [0.4, 0.5) is 0 Å². The molecule has 4 heterocycles. The molecule has 4 rings (SSSR count). The maximum absolute atomic E-state index is 12.6. The Kier molecular flexibility index (Phi) is 4.61. The molecule has 7 nitrogen and oxygen atoms in total. The van der Waals surface area contributed by atoms with Crippen LogP contribution in [0, 0.1) is 0 Å². The Labute approximate surface area is 150 Å². The Morgan fingerprint density at radius 1 is 1.04 bits per heavy atom. The van der Waals surface area contributed by atoms with E-state index in [1.54, 1.807) is 48.0 Å². The van der Waals surface area contributed by atoms with Gasteiger partial charge in [-0.05, 0) is 18.2 Å². The predicted molar refractivity (Wildman–Crippen MR) is 94.1 cm³/mol. The van der Waals surface area contributed by atoms with Gasteiger partial charge in [0.1, 0.15) is 12.4 Å². The second-order valence-electron chi connectivity index (χ2n) is 5.95. The third-order valence-corrected chi connectivity index (χ3v) is 4.27. The summed E-state index contributed by atoms with van der Waals surface area (Å²) in [6, 6.07) is 7.42. The van der Waals surface area contributed by atoms with Gasteiger partial charge in [0.2, 0.25) is 0 Å². The van der Waals surface area contributed by atoms with E-state index >= 15 is 0 Å². The molecule has 0 saturated carbocycles. The van der Waals surface area contributed by atoms with E-state index in [-0.39, 0.29) is 12.0 Å². The Hall–Kier alpha value is -3.19. The van der Waals surface area contributed by atoms with Crippen molar-refractivity contribution in [2.75, 3.05) is 19.7 Å². The molecule has 7 heteroatoms. The summed E-state index contributed by atoms with van der Waals surface area (Å²) in [7, 11) is 0. The molecule has 1 fully saturated rings. The van der Waals surface area contributed by atoms with Crippen LogP contribution < -0.4 is 0 Å². The van der Waals surface area contributed by atoms with Crippen molar-refractivity contribution in [3.63, 3.8) is 0 Å². The maximum Gasteiger partial charge on any atom is 0.255 e. The molecule has 3 aromatic heterocycles. The van der Waals surface area contributed by atoms with Crippen molar-refractivity contribution < 1.29 is 9.53 Å². The number of ether oxygens (including phenoxy) is 1. The van der Waals surface area contributed by atoms with Crippen LogP contribution in [0.5, 0.6) is 0 Å². The smallest absolute Gasteiger partial charge is 0.255 e. The first-order chi connectivity index (χ1) is 12.8. The molecule has 0 radical (unpaired) electrons. The highest BCUT2D eigenvalue weighted by molar-refractivity contribution is 5.93. The summed E-state index contributed by atoms with van der Waals surface area (Å²) in [5.41, 5.74) is 3.23. The summed E-state index contributed by atoms with van der Waals surface area (Å²) < 4.78 is 5.83. The largest absolute Gasteiger partial charge is 0.368 e. The first-order valence-corrected chi connectivity index (χ1v) is 8.33. The van der Waals surface area contributed by atoms with Gasteiger partial charge in [-0.15, -0.1) is 0 Å². The lowest BCUT2D eigenvalue weighted by Crippen LogP contribution is -2.42. The van der Waals surface area contributed by atoms with Crippen LogP contribution in [0.3, 0.4) is 0 Å². The number of pyridine rings is 2. The first-order valence-electron chi connectivity index (χ1n) is 8.33. The fourth-order valence-corrected chi connectivity index (χ4v) is 2.90. The van der Waals surface area contributed by atoms with Gasteiger partial charge in [0.25, 0.3) is 5.91 Å². The molecule has 26 heavy (non-hydrogen) atoms. The van der Waals surface area contributed by atoms with Gasteiger partial charge in [-0.3, -0.25) is 14.8 Å². The molecule has 0 N–H and O–H groups in total. The summed E-state index contributed by atoms with van der Waals surface area (Å²) in [5.74, 6) is -0.0375. The summed E-state index contributed by atoms with van der Waals surface area (Å²) in [5, 5.41) is 0. The van der Waals surface area contributed by atoms with E-state index in [1.807, 2.05) is 12.1 Å². The quantitative estimate of drug-likeness (QED) is 0.722. The van der Waals surface area contributed by atoms with Crippen molar-refractivity contribution >= 4 is 5.91 Å². The van der Waals surface area contributed by atoms with Gasteiger partial charge in [0.15, 0.2) is 0 Å². The normalized spacial score (nSPS) is 17.1. The van der Waals surface area contributed by atoms with E-state index in [0.717, 1.165) is 16.8 Å². The zero-order valence-corrected chi connectivity index (χ0v) is 14.0. The van der Waals surface area contributed by atoms with Crippen molar-refractivity contribution in [3.05, 3.63) is 72.8 Å². The summed E-state index contributed by atoms with van der Waals surface area (Å²) in [6.07, 6.45) is 9.76. The van der Waals surface area contributed by atoms with Crippen molar-refractivity contribution in [3.8, 4) is 11.1 Å². The van der Waals surface area contributed by atoms with Gasteiger partial charge in [0, 0.05) is 48.7 Å². The monoisotopic (exact) mass is 347 g/mol. The number of nitrogens with zero attached hydrogens (tertiary/aromatic N) is 5. The van der Waals surface area contributed by atoms with Gasteiger partial charge in [-0.25, -0.2) is 9.97 Å². The number of hydrogen-bond donors (Lipinski definition) is 0. The zero-order chi connectivity index (χ0) is 17.8. The molecule has 1 aliphatic rings. The highest BCUT2D eigenvalue weighted by atomic mass is 16.5. The minimum absolute atomic E-state index is 0.0375. The molecule has 3 aromatic rings. The Bertz CT molecular complexity index is 871. The number of morpholine rings is 1. The Morgan fingerprint density at radius 3 is 2.65 bits per heavy atom. The lowest BCUT2D eigenvalue weighted by Gasteiger charge is -2.32. The van der Waals surface area contributed by atoms with Crippen LogP contribution in [0.1, 0.15) is 22.2 Å². The minimum atomic E-state index is -0.245. The molecule has 0 spiro atoms. The SMILES string of the molecule is O=C(c1cccnc1)N1CCO[C@@H](c2ccc(-c3cncnc3)cn2)C1. The van der Waals surface area contributed by atoms with E-state index < -0.39 is 0 Å². The molecule has 0 aliphatic carbocycles. The fourth-order valence-electron chi connectivity index (χ4n) is 2.90. The summed E-state index contributed by atoms with van der Waals surface area (Å²) >= 11 is 0. The van der Waals surface area contributed by atoms with Crippen LogP contribution in [0.25, 0.3) is 11.1 Å². The molecule has 1 amide bonds. The summed E-state index contributed by atoms with van der Waals surface area (Å²) in [4.78, 5) is 31.0.